The number of carbonyl (C=O) groups is 3. The van der Waals surface area contributed by atoms with Gasteiger partial charge in [-0.15, -0.1) is 0 Å². The van der Waals surface area contributed by atoms with Gasteiger partial charge in [0.15, 0.2) is 0 Å². The molecule has 1 heterocycles. The van der Waals surface area contributed by atoms with Crippen molar-refractivity contribution in [3.05, 3.63) is 0 Å². The Kier molecular flexibility index (Phi) is 3.70. The molecule has 0 spiro atoms. The molecule has 1 unspecified atom stereocenters. The molecule has 0 saturated carbocycles. The molecule has 90 valence electrons. The Bertz CT molecular complexity index is 318. The Morgan fingerprint density at radius 3 is 2.81 bits per heavy atom. The highest BCUT2D eigenvalue weighted by Gasteiger charge is 2.31. The minimum absolute atomic E-state index is 0.219. The van der Waals surface area contributed by atoms with E-state index in [0.717, 1.165) is 4.90 Å². The van der Waals surface area contributed by atoms with Gasteiger partial charge in [0, 0.05) is 20.1 Å². The molecule has 1 rings (SSSR count). The second kappa shape index (κ2) is 4.82. The van der Waals surface area contributed by atoms with Gasteiger partial charge in [0.1, 0.15) is 12.6 Å². The molecule has 16 heavy (non-hydrogen) atoms. The summed E-state index contributed by atoms with van der Waals surface area (Å²) in [4.78, 5) is 36.0. The van der Waals surface area contributed by atoms with E-state index < -0.39 is 18.0 Å². The predicted molar refractivity (Wildman–Crippen MR) is 54.8 cm³/mol. The lowest BCUT2D eigenvalue weighted by Gasteiger charge is -2.35. The summed E-state index contributed by atoms with van der Waals surface area (Å²) in [6, 6.07) is -0.998. The number of likely N-dealkylation sites (N-methyl/N-ethyl adjacent to an activating group) is 1. The fraction of sp³-hybridized carbons (Fsp3) is 0.667. The third kappa shape index (κ3) is 2.62. The zero-order valence-corrected chi connectivity index (χ0v) is 9.27. The van der Waals surface area contributed by atoms with Crippen LogP contribution in [0.25, 0.3) is 0 Å². The highest BCUT2D eigenvalue weighted by Crippen LogP contribution is 2.07. The predicted octanol–water partition coefficient (Wildman–Crippen LogP) is -1.06. The third-order valence-electron chi connectivity index (χ3n) is 2.44. The minimum Gasteiger partial charge on any atom is -0.480 e. The maximum atomic E-state index is 11.8. The fourth-order valence-corrected chi connectivity index (χ4v) is 1.53. The topological polar surface area (TPSA) is 90.0 Å². The van der Waals surface area contributed by atoms with Crippen LogP contribution >= 0.6 is 0 Å². The SMILES string of the molecule is CC1C(=O)NCCN1C(=O)N(C)CC(=O)O. The Labute approximate surface area is 93.0 Å². The minimum atomic E-state index is -1.08. The monoisotopic (exact) mass is 229 g/mol. The maximum Gasteiger partial charge on any atom is 0.323 e. The summed E-state index contributed by atoms with van der Waals surface area (Å²) in [6.07, 6.45) is 0. The molecule has 0 aliphatic carbocycles. The third-order valence-corrected chi connectivity index (χ3v) is 2.44. The van der Waals surface area contributed by atoms with Crippen LogP contribution in [0.1, 0.15) is 6.92 Å². The van der Waals surface area contributed by atoms with Crippen LogP contribution in [-0.4, -0.2) is 65.5 Å². The van der Waals surface area contributed by atoms with Crippen molar-refractivity contribution in [2.45, 2.75) is 13.0 Å². The number of nitrogens with one attached hydrogen (secondary N) is 1. The van der Waals surface area contributed by atoms with Gasteiger partial charge in [-0.1, -0.05) is 0 Å². The van der Waals surface area contributed by atoms with E-state index in [9.17, 15) is 14.4 Å². The average molecular weight is 229 g/mol. The van der Waals surface area contributed by atoms with Gasteiger partial charge in [-0.05, 0) is 6.92 Å². The van der Waals surface area contributed by atoms with Crippen LogP contribution in [-0.2, 0) is 9.59 Å². The van der Waals surface area contributed by atoms with Gasteiger partial charge in [0.05, 0.1) is 0 Å². The number of urea groups is 1. The van der Waals surface area contributed by atoms with Crippen molar-refractivity contribution < 1.29 is 19.5 Å². The molecule has 7 heteroatoms. The molecule has 0 aromatic heterocycles. The molecule has 3 amide bonds. The van der Waals surface area contributed by atoms with Crippen LogP contribution < -0.4 is 5.32 Å². The lowest BCUT2D eigenvalue weighted by atomic mass is 10.2. The molecule has 7 nitrogen and oxygen atoms in total. The van der Waals surface area contributed by atoms with Gasteiger partial charge in [-0.25, -0.2) is 4.79 Å². The molecule has 1 saturated heterocycles. The smallest absolute Gasteiger partial charge is 0.323 e. The van der Waals surface area contributed by atoms with Crippen LogP contribution in [0.2, 0.25) is 0 Å². The van der Waals surface area contributed by atoms with Gasteiger partial charge < -0.3 is 20.2 Å². The highest BCUT2D eigenvalue weighted by molar-refractivity contribution is 5.88. The number of rotatable bonds is 2. The lowest BCUT2D eigenvalue weighted by Crippen LogP contribution is -2.58. The molecule has 0 bridgehead atoms. The van der Waals surface area contributed by atoms with E-state index in [1.165, 1.54) is 11.9 Å². The number of amides is 3. The number of nitrogens with zero attached hydrogens (tertiary/aromatic N) is 2. The standard InChI is InChI=1S/C9H15N3O4/c1-6-8(15)10-3-4-12(6)9(16)11(2)5-7(13)14/h6H,3-5H2,1-2H3,(H,10,15)(H,13,14). The van der Waals surface area contributed by atoms with Crippen molar-refractivity contribution in [2.24, 2.45) is 0 Å². The van der Waals surface area contributed by atoms with Crippen molar-refractivity contribution >= 4 is 17.9 Å². The Hall–Kier alpha value is -1.79. The quantitative estimate of drug-likeness (QED) is 0.631. The summed E-state index contributed by atoms with van der Waals surface area (Å²) in [6.45, 7) is 2.04. The van der Waals surface area contributed by atoms with E-state index in [1.807, 2.05) is 0 Å². The molecule has 0 aromatic carbocycles. The van der Waals surface area contributed by atoms with E-state index in [0.29, 0.717) is 13.1 Å². The summed E-state index contributed by atoms with van der Waals surface area (Å²) < 4.78 is 0. The first-order valence-electron chi connectivity index (χ1n) is 4.94. The Morgan fingerprint density at radius 1 is 1.62 bits per heavy atom. The van der Waals surface area contributed by atoms with Crippen molar-refractivity contribution in [3.8, 4) is 0 Å². The van der Waals surface area contributed by atoms with Crippen molar-refractivity contribution in [2.75, 3.05) is 26.7 Å². The number of carboxylic acid groups (broad SMARTS) is 1. The Balaban J connectivity index is 2.65. The molecule has 2 N–H and O–H groups in total. The largest absolute Gasteiger partial charge is 0.480 e. The van der Waals surface area contributed by atoms with E-state index in [2.05, 4.69) is 5.32 Å². The molecule has 1 atom stereocenters. The average Bonchev–Trinajstić information content (AvgIpc) is 2.20. The summed E-state index contributed by atoms with van der Waals surface area (Å²) in [5.41, 5.74) is 0. The van der Waals surface area contributed by atoms with Crippen LogP contribution in [0, 0.1) is 0 Å². The number of piperazine rings is 1. The summed E-state index contributed by atoms with van der Waals surface area (Å²) >= 11 is 0. The van der Waals surface area contributed by atoms with Gasteiger partial charge in [0.2, 0.25) is 5.91 Å². The summed E-state index contributed by atoms with van der Waals surface area (Å²) in [5.74, 6) is -1.30. The summed E-state index contributed by atoms with van der Waals surface area (Å²) in [7, 11) is 1.40. The number of carbonyl (C=O) groups excluding carboxylic acids is 2. The highest BCUT2D eigenvalue weighted by atomic mass is 16.4. The maximum absolute atomic E-state index is 11.8. The van der Waals surface area contributed by atoms with E-state index in [4.69, 9.17) is 5.11 Å². The first-order chi connectivity index (χ1) is 7.43. The molecule has 0 radical (unpaired) electrons. The van der Waals surface area contributed by atoms with Crippen LogP contribution in [0.4, 0.5) is 4.79 Å². The normalized spacial score (nSPS) is 20.2. The fourth-order valence-electron chi connectivity index (χ4n) is 1.53. The lowest BCUT2D eigenvalue weighted by molar-refractivity contribution is -0.137. The molecular formula is C9H15N3O4. The first kappa shape index (κ1) is 12.3. The van der Waals surface area contributed by atoms with Crippen LogP contribution in [0.3, 0.4) is 0 Å². The first-order valence-corrected chi connectivity index (χ1v) is 4.94. The van der Waals surface area contributed by atoms with Crippen LogP contribution in [0.5, 0.6) is 0 Å². The van der Waals surface area contributed by atoms with Crippen molar-refractivity contribution in [1.82, 2.24) is 15.1 Å². The zero-order valence-electron chi connectivity index (χ0n) is 9.27. The molecule has 0 aromatic rings. The number of aliphatic carboxylic acids is 1. The van der Waals surface area contributed by atoms with E-state index in [1.54, 1.807) is 6.92 Å². The van der Waals surface area contributed by atoms with Gasteiger partial charge in [-0.2, -0.15) is 0 Å². The van der Waals surface area contributed by atoms with Crippen molar-refractivity contribution in [1.29, 1.82) is 0 Å². The second-order valence-electron chi connectivity index (χ2n) is 3.69. The number of hydrogen-bond acceptors (Lipinski definition) is 3. The molecule has 1 aliphatic rings. The number of hydrogen-bond donors (Lipinski definition) is 2. The molecule has 1 aliphatic heterocycles. The summed E-state index contributed by atoms with van der Waals surface area (Å²) in [5, 5.41) is 11.2. The molecule has 1 fully saturated rings. The van der Waals surface area contributed by atoms with Crippen LogP contribution in [0.15, 0.2) is 0 Å². The second-order valence-corrected chi connectivity index (χ2v) is 3.69. The van der Waals surface area contributed by atoms with E-state index >= 15 is 0 Å². The zero-order chi connectivity index (χ0) is 12.3. The number of carboxylic acids is 1. The van der Waals surface area contributed by atoms with Gasteiger partial charge in [0.25, 0.3) is 0 Å². The van der Waals surface area contributed by atoms with Crippen molar-refractivity contribution in [3.63, 3.8) is 0 Å². The van der Waals surface area contributed by atoms with E-state index in [-0.39, 0.29) is 12.5 Å². The molecular weight excluding hydrogens is 214 g/mol. The van der Waals surface area contributed by atoms with Gasteiger partial charge >= 0.3 is 12.0 Å². The Morgan fingerprint density at radius 2 is 2.25 bits per heavy atom. The van der Waals surface area contributed by atoms with Gasteiger partial charge in [-0.3, -0.25) is 9.59 Å².